The minimum Gasteiger partial charge on any atom is -0.497 e. The standard InChI is InChI=1S/C38H43ClN4O/c1-3-29-4-6-30(7-5-29)8-9-31(18-22-40)27-42-24-20-36(21-25-42)43(35-14-16-37(44-2)17-15-35)28-32-19-23-41-38(26-32)33-10-12-34(39)13-11-33/h4-7,9-19,22-23,26,36H,3,8,20-21,24-25,27-28,40H2,1-2H3/b22-18-,31-9+. The fraction of sp³-hybridized carbons (Fsp3) is 0.289. The highest BCUT2D eigenvalue weighted by atomic mass is 35.5. The summed E-state index contributed by atoms with van der Waals surface area (Å²) in [6.45, 7) is 5.97. The molecule has 44 heavy (non-hydrogen) atoms. The van der Waals surface area contributed by atoms with Crippen molar-refractivity contribution in [2.24, 2.45) is 5.73 Å². The Bertz CT molecular complexity index is 1520. The smallest absolute Gasteiger partial charge is 0.119 e. The number of pyridine rings is 1. The molecule has 0 saturated carbocycles. The summed E-state index contributed by atoms with van der Waals surface area (Å²) in [5.74, 6) is 0.867. The first-order chi connectivity index (χ1) is 21.5. The van der Waals surface area contributed by atoms with Crippen LogP contribution >= 0.6 is 11.6 Å². The van der Waals surface area contributed by atoms with Crippen LogP contribution in [-0.2, 0) is 19.4 Å². The number of halogens is 1. The number of nitrogens with zero attached hydrogens (tertiary/aromatic N) is 3. The van der Waals surface area contributed by atoms with E-state index in [4.69, 9.17) is 22.1 Å². The number of rotatable bonds is 12. The van der Waals surface area contributed by atoms with Crippen LogP contribution in [-0.4, -0.2) is 42.7 Å². The summed E-state index contributed by atoms with van der Waals surface area (Å²) in [6, 6.07) is 30.0. The van der Waals surface area contributed by atoms with Crippen LogP contribution in [0.4, 0.5) is 5.69 Å². The molecule has 1 aliphatic heterocycles. The average molecular weight is 607 g/mol. The van der Waals surface area contributed by atoms with Crippen molar-refractivity contribution in [2.75, 3.05) is 31.6 Å². The van der Waals surface area contributed by atoms with E-state index in [2.05, 4.69) is 94.5 Å². The van der Waals surface area contributed by atoms with E-state index in [1.807, 2.05) is 30.5 Å². The number of allylic oxidation sites excluding steroid dienone is 1. The first-order valence-corrected chi connectivity index (χ1v) is 15.9. The first-order valence-electron chi connectivity index (χ1n) is 15.5. The molecule has 0 aliphatic carbocycles. The molecular formula is C38H43ClN4O. The lowest BCUT2D eigenvalue weighted by Gasteiger charge is -2.40. The molecule has 228 valence electrons. The molecule has 5 rings (SSSR count). The quantitative estimate of drug-likeness (QED) is 0.165. The van der Waals surface area contributed by atoms with E-state index < -0.39 is 0 Å². The molecule has 0 bridgehead atoms. The van der Waals surface area contributed by atoms with Crippen LogP contribution in [0.15, 0.2) is 115 Å². The van der Waals surface area contributed by atoms with E-state index in [1.165, 1.54) is 28.0 Å². The summed E-state index contributed by atoms with van der Waals surface area (Å²) >= 11 is 6.13. The molecule has 2 heterocycles. The van der Waals surface area contributed by atoms with Crippen LogP contribution < -0.4 is 15.4 Å². The summed E-state index contributed by atoms with van der Waals surface area (Å²) < 4.78 is 5.45. The van der Waals surface area contributed by atoms with Crippen LogP contribution in [0, 0.1) is 0 Å². The molecule has 0 radical (unpaired) electrons. The molecule has 2 N–H and O–H groups in total. The van der Waals surface area contributed by atoms with E-state index in [9.17, 15) is 0 Å². The highest BCUT2D eigenvalue weighted by molar-refractivity contribution is 6.30. The molecule has 3 aromatic carbocycles. The molecule has 0 spiro atoms. The second kappa shape index (κ2) is 15.6. The number of hydrogen-bond donors (Lipinski definition) is 1. The third kappa shape index (κ3) is 8.52. The van der Waals surface area contributed by atoms with E-state index in [1.54, 1.807) is 13.3 Å². The van der Waals surface area contributed by atoms with Gasteiger partial charge < -0.3 is 15.4 Å². The van der Waals surface area contributed by atoms with Gasteiger partial charge in [0.1, 0.15) is 5.75 Å². The zero-order valence-electron chi connectivity index (χ0n) is 25.8. The maximum absolute atomic E-state index is 6.13. The van der Waals surface area contributed by atoms with Crippen LogP contribution in [0.5, 0.6) is 5.75 Å². The second-order valence-electron chi connectivity index (χ2n) is 11.4. The van der Waals surface area contributed by atoms with Gasteiger partial charge in [0, 0.05) is 54.7 Å². The molecule has 0 amide bonds. The molecule has 1 aromatic heterocycles. The number of nitrogens with two attached hydrogens (primary N) is 1. The molecule has 1 fully saturated rings. The van der Waals surface area contributed by atoms with Gasteiger partial charge in [-0.1, -0.05) is 61.0 Å². The van der Waals surface area contributed by atoms with Crippen molar-refractivity contribution < 1.29 is 4.74 Å². The Hall–Kier alpha value is -4.06. The Morgan fingerprint density at radius 3 is 2.32 bits per heavy atom. The summed E-state index contributed by atoms with van der Waals surface area (Å²) in [7, 11) is 1.71. The summed E-state index contributed by atoms with van der Waals surface area (Å²) in [5, 5.41) is 0.727. The van der Waals surface area contributed by atoms with Crippen LogP contribution in [0.1, 0.15) is 36.5 Å². The van der Waals surface area contributed by atoms with Gasteiger partial charge in [0.05, 0.1) is 12.8 Å². The van der Waals surface area contributed by atoms with E-state index in [-0.39, 0.29) is 0 Å². The summed E-state index contributed by atoms with van der Waals surface area (Å²) in [4.78, 5) is 9.75. The SMILES string of the molecule is CCc1ccc(C/C=C(\C=C/N)CN2CCC(N(Cc3ccnc(-c4ccc(Cl)cc4)c3)c3ccc(OC)cc3)CC2)cc1. The molecule has 0 unspecified atom stereocenters. The fourth-order valence-electron chi connectivity index (χ4n) is 5.87. The third-order valence-corrected chi connectivity index (χ3v) is 8.72. The van der Waals surface area contributed by atoms with Crippen molar-refractivity contribution in [3.05, 3.63) is 137 Å². The maximum Gasteiger partial charge on any atom is 0.119 e. The predicted molar refractivity (Wildman–Crippen MR) is 184 cm³/mol. The molecular weight excluding hydrogens is 564 g/mol. The number of aryl methyl sites for hydroxylation is 1. The normalized spacial score (nSPS) is 14.7. The van der Waals surface area contributed by atoms with Gasteiger partial charge in [-0.15, -0.1) is 0 Å². The summed E-state index contributed by atoms with van der Waals surface area (Å²) in [6.07, 6.45) is 12.1. The van der Waals surface area contributed by atoms with Crippen LogP contribution in [0.3, 0.4) is 0 Å². The largest absolute Gasteiger partial charge is 0.497 e. The van der Waals surface area contributed by atoms with Crippen LogP contribution in [0.25, 0.3) is 11.3 Å². The molecule has 1 aliphatic rings. The van der Waals surface area contributed by atoms with Crippen molar-refractivity contribution in [2.45, 2.75) is 45.2 Å². The van der Waals surface area contributed by atoms with E-state index in [0.717, 1.165) is 73.9 Å². The lowest BCUT2D eigenvalue weighted by Crippen LogP contribution is -2.45. The Morgan fingerprint density at radius 2 is 1.66 bits per heavy atom. The van der Waals surface area contributed by atoms with Gasteiger partial charge >= 0.3 is 0 Å². The number of benzene rings is 3. The van der Waals surface area contributed by atoms with Gasteiger partial charge in [-0.3, -0.25) is 9.88 Å². The van der Waals surface area contributed by atoms with Gasteiger partial charge in [0.15, 0.2) is 0 Å². The molecule has 0 atom stereocenters. The Kier molecular flexibility index (Phi) is 11.1. The number of anilines is 1. The Morgan fingerprint density at radius 1 is 0.955 bits per heavy atom. The monoisotopic (exact) mass is 606 g/mol. The minimum absolute atomic E-state index is 0.418. The van der Waals surface area contributed by atoms with Gasteiger partial charge in [-0.2, -0.15) is 0 Å². The van der Waals surface area contributed by atoms with Crippen molar-refractivity contribution in [3.8, 4) is 17.0 Å². The van der Waals surface area contributed by atoms with Crippen molar-refractivity contribution >= 4 is 17.3 Å². The summed E-state index contributed by atoms with van der Waals surface area (Å²) in [5.41, 5.74) is 14.3. The first kappa shape index (κ1) is 31.4. The number of hydrogen-bond acceptors (Lipinski definition) is 5. The van der Waals surface area contributed by atoms with Gasteiger partial charge in [-0.05, 0) is 109 Å². The minimum atomic E-state index is 0.418. The van der Waals surface area contributed by atoms with Crippen LogP contribution in [0.2, 0.25) is 5.02 Å². The maximum atomic E-state index is 6.13. The second-order valence-corrected chi connectivity index (χ2v) is 11.8. The molecule has 5 nitrogen and oxygen atoms in total. The Balaban J connectivity index is 1.28. The lowest BCUT2D eigenvalue weighted by molar-refractivity contribution is 0.224. The lowest BCUT2D eigenvalue weighted by atomic mass is 9.99. The number of likely N-dealkylation sites (tertiary alicyclic amines) is 1. The predicted octanol–water partition coefficient (Wildman–Crippen LogP) is 8.09. The number of methoxy groups -OCH3 is 1. The van der Waals surface area contributed by atoms with Crippen molar-refractivity contribution in [3.63, 3.8) is 0 Å². The molecule has 1 saturated heterocycles. The third-order valence-electron chi connectivity index (χ3n) is 8.47. The Labute approximate surface area is 267 Å². The van der Waals surface area contributed by atoms with Gasteiger partial charge in [0.25, 0.3) is 0 Å². The van der Waals surface area contributed by atoms with Crippen molar-refractivity contribution in [1.82, 2.24) is 9.88 Å². The molecule has 6 heteroatoms. The number of ether oxygens (including phenoxy) is 1. The highest BCUT2D eigenvalue weighted by Crippen LogP contribution is 2.29. The highest BCUT2D eigenvalue weighted by Gasteiger charge is 2.25. The van der Waals surface area contributed by atoms with Gasteiger partial charge in [0.2, 0.25) is 0 Å². The number of piperidine rings is 1. The van der Waals surface area contributed by atoms with Gasteiger partial charge in [-0.25, -0.2) is 0 Å². The molecule has 4 aromatic rings. The van der Waals surface area contributed by atoms with E-state index in [0.29, 0.717) is 6.04 Å². The average Bonchev–Trinajstić information content (AvgIpc) is 3.07. The zero-order valence-corrected chi connectivity index (χ0v) is 26.6. The zero-order chi connectivity index (χ0) is 30.7. The number of aromatic nitrogens is 1. The fourth-order valence-corrected chi connectivity index (χ4v) is 5.99. The van der Waals surface area contributed by atoms with E-state index >= 15 is 0 Å². The topological polar surface area (TPSA) is 54.6 Å². The van der Waals surface area contributed by atoms with Crippen molar-refractivity contribution in [1.29, 1.82) is 0 Å².